The van der Waals surface area contributed by atoms with Crippen molar-refractivity contribution in [2.45, 2.75) is 6.92 Å². The zero-order valence-corrected chi connectivity index (χ0v) is 15.9. The summed E-state index contributed by atoms with van der Waals surface area (Å²) < 4.78 is 33.7. The summed E-state index contributed by atoms with van der Waals surface area (Å²) in [5, 5.41) is 0. The van der Waals surface area contributed by atoms with Crippen molar-refractivity contribution in [2.24, 2.45) is 4.99 Å². The number of nitrogens with one attached hydrogen (secondary N) is 1. The van der Waals surface area contributed by atoms with Crippen LogP contribution in [0.25, 0.3) is 4.91 Å². The third kappa shape index (κ3) is 3.88. The Labute approximate surface area is 150 Å². The molecule has 0 amide bonds. The predicted octanol–water partition coefficient (Wildman–Crippen LogP) is 1.84. The number of hydrogen-bond donors (Lipinski definition) is 1. The van der Waals surface area contributed by atoms with Gasteiger partial charge < -0.3 is 4.74 Å². The first-order chi connectivity index (χ1) is 11.5. The highest BCUT2D eigenvalue weighted by Gasteiger charge is 2.32. The van der Waals surface area contributed by atoms with Crippen LogP contribution in [0.1, 0.15) is 12.5 Å². The Morgan fingerprint density at radius 1 is 1.33 bits per heavy atom. The monoisotopic (exact) mass is 413 g/mol. The van der Waals surface area contributed by atoms with Crippen molar-refractivity contribution < 1.29 is 13.2 Å². The Morgan fingerprint density at radius 3 is 2.79 bits per heavy atom. The summed E-state index contributed by atoms with van der Waals surface area (Å²) in [7, 11) is -3.57. The average Bonchev–Trinajstić information content (AvgIpc) is 2.77. The van der Waals surface area contributed by atoms with Gasteiger partial charge >= 0.3 is 0 Å². The fraction of sp³-hybridized carbons (Fsp3) is 0.438. The number of halogens is 1. The highest BCUT2D eigenvalue weighted by atomic mass is 79.9. The van der Waals surface area contributed by atoms with Gasteiger partial charge in [0, 0.05) is 29.7 Å². The second-order valence-corrected chi connectivity index (χ2v) is 8.29. The lowest BCUT2D eigenvalue weighted by Gasteiger charge is -2.25. The van der Waals surface area contributed by atoms with Gasteiger partial charge in [0.25, 0.3) is 10.0 Å². The molecule has 1 saturated heterocycles. The SMILES string of the molecule is CC1=C(c2cccc(Br)c2)S(=O)(=O)NC1=NCCN1CCOCC1. The van der Waals surface area contributed by atoms with Gasteiger partial charge in [0.15, 0.2) is 0 Å². The van der Waals surface area contributed by atoms with Crippen molar-refractivity contribution in [3.05, 3.63) is 39.9 Å². The molecule has 8 heteroatoms. The smallest absolute Gasteiger partial charge is 0.264 e. The van der Waals surface area contributed by atoms with E-state index in [9.17, 15) is 8.42 Å². The third-order valence-electron chi connectivity index (χ3n) is 4.07. The van der Waals surface area contributed by atoms with Crippen LogP contribution in [0.3, 0.4) is 0 Å². The van der Waals surface area contributed by atoms with E-state index in [1.54, 1.807) is 19.1 Å². The normalized spacial score (nSPS) is 22.8. The first kappa shape index (κ1) is 17.6. The van der Waals surface area contributed by atoms with E-state index in [1.807, 2.05) is 12.1 Å². The van der Waals surface area contributed by atoms with E-state index in [2.05, 4.69) is 30.5 Å². The van der Waals surface area contributed by atoms with Crippen LogP contribution in [-0.4, -0.2) is 58.5 Å². The van der Waals surface area contributed by atoms with Crippen LogP contribution in [0.4, 0.5) is 0 Å². The minimum absolute atomic E-state index is 0.300. The van der Waals surface area contributed by atoms with Gasteiger partial charge in [-0.15, -0.1) is 0 Å². The van der Waals surface area contributed by atoms with Crippen molar-refractivity contribution in [3.8, 4) is 0 Å². The van der Waals surface area contributed by atoms with E-state index in [-0.39, 0.29) is 0 Å². The van der Waals surface area contributed by atoms with E-state index >= 15 is 0 Å². The number of benzene rings is 1. The molecule has 0 spiro atoms. The number of hydrogen-bond acceptors (Lipinski definition) is 5. The molecular formula is C16H20BrN3O3S. The molecule has 0 bridgehead atoms. The molecule has 2 aliphatic rings. The second-order valence-electron chi connectivity index (χ2n) is 5.75. The van der Waals surface area contributed by atoms with Crippen molar-refractivity contribution in [1.82, 2.24) is 9.62 Å². The summed E-state index contributed by atoms with van der Waals surface area (Å²) in [6, 6.07) is 7.28. The van der Waals surface area contributed by atoms with Crippen molar-refractivity contribution >= 4 is 36.7 Å². The van der Waals surface area contributed by atoms with Crippen LogP contribution < -0.4 is 4.72 Å². The lowest BCUT2D eigenvalue weighted by atomic mass is 10.1. The Balaban J connectivity index is 1.79. The number of rotatable bonds is 4. The molecule has 0 saturated carbocycles. The molecule has 3 rings (SSSR count). The van der Waals surface area contributed by atoms with E-state index in [0.29, 0.717) is 28.4 Å². The van der Waals surface area contributed by atoms with E-state index in [4.69, 9.17) is 4.74 Å². The zero-order chi connectivity index (χ0) is 17.2. The molecule has 6 nitrogen and oxygen atoms in total. The molecule has 0 atom stereocenters. The van der Waals surface area contributed by atoms with Gasteiger partial charge in [0.2, 0.25) is 0 Å². The molecule has 0 radical (unpaired) electrons. The molecule has 1 aromatic carbocycles. The van der Waals surface area contributed by atoms with Gasteiger partial charge in [-0.2, -0.15) is 0 Å². The maximum atomic E-state index is 12.5. The summed E-state index contributed by atoms with van der Waals surface area (Å²) in [5.74, 6) is 0.443. The van der Waals surface area contributed by atoms with Gasteiger partial charge in [-0.1, -0.05) is 28.1 Å². The number of aliphatic imine (C=N–C) groups is 1. The topological polar surface area (TPSA) is 71.0 Å². The third-order valence-corrected chi connectivity index (χ3v) is 6.11. The molecule has 0 aromatic heterocycles. The first-order valence-corrected chi connectivity index (χ1v) is 10.1. The highest BCUT2D eigenvalue weighted by molar-refractivity contribution is 9.10. The van der Waals surface area contributed by atoms with Crippen LogP contribution in [0.15, 0.2) is 39.3 Å². The van der Waals surface area contributed by atoms with Crippen LogP contribution in [0.5, 0.6) is 0 Å². The number of nitrogens with zero attached hydrogens (tertiary/aromatic N) is 2. The van der Waals surface area contributed by atoms with Gasteiger partial charge in [-0.25, -0.2) is 8.42 Å². The largest absolute Gasteiger partial charge is 0.379 e. The Hall–Kier alpha value is -1.22. The number of ether oxygens (including phenoxy) is 1. The summed E-state index contributed by atoms with van der Waals surface area (Å²) in [5.41, 5.74) is 1.32. The van der Waals surface area contributed by atoms with Gasteiger partial charge in [0.1, 0.15) is 10.7 Å². The number of sulfonamides is 1. The van der Waals surface area contributed by atoms with E-state index < -0.39 is 10.0 Å². The summed E-state index contributed by atoms with van der Waals surface area (Å²) >= 11 is 3.38. The highest BCUT2D eigenvalue weighted by Crippen LogP contribution is 2.31. The van der Waals surface area contributed by atoms with Crippen LogP contribution in [0.2, 0.25) is 0 Å². The Morgan fingerprint density at radius 2 is 2.08 bits per heavy atom. The fourth-order valence-electron chi connectivity index (χ4n) is 2.84. The molecular weight excluding hydrogens is 394 g/mol. The molecule has 1 fully saturated rings. The van der Waals surface area contributed by atoms with E-state index in [0.717, 1.165) is 37.3 Å². The van der Waals surface area contributed by atoms with Gasteiger partial charge in [-0.05, 0) is 24.6 Å². The van der Waals surface area contributed by atoms with E-state index in [1.165, 1.54) is 0 Å². The first-order valence-electron chi connectivity index (χ1n) is 7.82. The molecule has 1 N–H and O–H groups in total. The average molecular weight is 414 g/mol. The lowest BCUT2D eigenvalue weighted by molar-refractivity contribution is 0.0394. The lowest BCUT2D eigenvalue weighted by Crippen LogP contribution is -2.38. The van der Waals surface area contributed by atoms with Gasteiger partial charge in [-0.3, -0.25) is 14.6 Å². The Kier molecular flexibility index (Phi) is 5.39. The maximum Gasteiger partial charge on any atom is 0.264 e. The summed E-state index contributed by atoms with van der Waals surface area (Å²) in [6.45, 7) is 6.43. The van der Waals surface area contributed by atoms with Crippen LogP contribution >= 0.6 is 15.9 Å². The molecule has 1 aromatic rings. The predicted molar refractivity (Wildman–Crippen MR) is 98.4 cm³/mol. The molecule has 2 heterocycles. The van der Waals surface area contributed by atoms with Gasteiger partial charge in [0.05, 0.1) is 19.8 Å². The second kappa shape index (κ2) is 7.35. The fourth-order valence-corrected chi connectivity index (χ4v) is 4.75. The minimum atomic E-state index is -3.57. The summed E-state index contributed by atoms with van der Waals surface area (Å²) in [6.07, 6.45) is 0. The van der Waals surface area contributed by atoms with Crippen molar-refractivity contribution in [2.75, 3.05) is 39.4 Å². The quantitative estimate of drug-likeness (QED) is 0.817. The molecule has 24 heavy (non-hydrogen) atoms. The summed E-state index contributed by atoms with van der Waals surface area (Å²) in [4.78, 5) is 7.04. The zero-order valence-electron chi connectivity index (χ0n) is 13.5. The van der Waals surface area contributed by atoms with Crippen molar-refractivity contribution in [3.63, 3.8) is 0 Å². The standard InChI is InChI=1S/C16H20BrN3O3S/c1-12-15(13-3-2-4-14(17)11-13)24(21,22)19-16(12)18-5-6-20-7-9-23-10-8-20/h2-4,11H,5-10H2,1H3,(H,18,19). The Bertz CT molecular complexity index is 784. The van der Waals surface area contributed by atoms with Crippen molar-refractivity contribution in [1.29, 1.82) is 0 Å². The molecule has 2 aliphatic heterocycles. The number of amidine groups is 1. The molecule has 0 aliphatic carbocycles. The maximum absolute atomic E-state index is 12.5. The van der Waals surface area contributed by atoms with Crippen LogP contribution in [0, 0.1) is 0 Å². The van der Waals surface area contributed by atoms with Crippen LogP contribution in [-0.2, 0) is 14.8 Å². The molecule has 130 valence electrons. The number of morpholine rings is 1. The minimum Gasteiger partial charge on any atom is -0.379 e. The molecule has 0 unspecified atom stereocenters.